The Morgan fingerprint density at radius 3 is 2.36 bits per heavy atom. The fourth-order valence-electron chi connectivity index (χ4n) is 1.32. The molecule has 0 spiro atoms. The van der Waals surface area contributed by atoms with E-state index in [0.717, 1.165) is 0 Å². The van der Waals surface area contributed by atoms with Crippen molar-refractivity contribution in [2.75, 3.05) is 13.2 Å². The quantitative estimate of drug-likeness (QED) is 0.772. The summed E-state index contributed by atoms with van der Waals surface area (Å²) in [7, 11) is 0. The molecule has 2 N–H and O–H groups in total. The molecule has 0 saturated carbocycles. The molecule has 0 aliphatic carbocycles. The predicted molar refractivity (Wildman–Crippen MR) is 79.7 cm³/mol. The number of esters is 1. The van der Waals surface area contributed by atoms with Gasteiger partial charge in [0.05, 0.1) is 0 Å². The first-order chi connectivity index (χ1) is 10.4. The minimum Gasteiger partial charge on any atom is -0.482 e. The molecule has 7 nitrogen and oxygen atoms in total. The average Bonchev–Trinajstić information content (AvgIpc) is 2.43. The summed E-state index contributed by atoms with van der Waals surface area (Å²) >= 11 is 5.71. The number of amides is 3. The van der Waals surface area contributed by atoms with Crippen LogP contribution in [0, 0.1) is 0 Å². The lowest BCUT2D eigenvalue weighted by atomic mass is 10.3. The van der Waals surface area contributed by atoms with Gasteiger partial charge in [-0.1, -0.05) is 11.6 Å². The zero-order valence-corrected chi connectivity index (χ0v) is 13.0. The summed E-state index contributed by atoms with van der Waals surface area (Å²) in [5.74, 6) is -1.01. The number of carbonyl (C=O) groups is 3. The molecule has 0 aliphatic rings. The summed E-state index contributed by atoms with van der Waals surface area (Å²) in [6, 6.07) is 5.67. The van der Waals surface area contributed by atoms with Crippen LogP contribution in [-0.2, 0) is 14.3 Å². The average molecular weight is 329 g/mol. The van der Waals surface area contributed by atoms with Crippen molar-refractivity contribution in [1.82, 2.24) is 10.6 Å². The van der Waals surface area contributed by atoms with Crippen molar-refractivity contribution in [2.45, 2.75) is 19.9 Å². The van der Waals surface area contributed by atoms with Crippen LogP contribution in [0.5, 0.6) is 5.75 Å². The molecule has 22 heavy (non-hydrogen) atoms. The van der Waals surface area contributed by atoms with E-state index in [-0.39, 0.29) is 12.6 Å². The highest BCUT2D eigenvalue weighted by Crippen LogP contribution is 2.15. The number of nitrogens with one attached hydrogen (secondary N) is 2. The molecule has 120 valence electrons. The third kappa shape index (κ3) is 7.49. The third-order valence-electron chi connectivity index (χ3n) is 2.21. The maximum Gasteiger partial charge on any atom is 0.344 e. The number of rotatable bonds is 6. The first kappa shape index (κ1) is 17.8. The van der Waals surface area contributed by atoms with Crippen LogP contribution in [0.4, 0.5) is 4.79 Å². The van der Waals surface area contributed by atoms with Crippen molar-refractivity contribution < 1.29 is 23.9 Å². The van der Waals surface area contributed by atoms with E-state index in [4.69, 9.17) is 16.3 Å². The van der Waals surface area contributed by atoms with Crippen LogP contribution in [-0.4, -0.2) is 37.2 Å². The van der Waals surface area contributed by atoms with Crippen LogP contribution in [0.15, 0.2) is 24.3 Å². The van der Waals surface area contributed by atoms with E-state index in [1.54, 1.807) is 38.1 Å². The summed E-state index contributed by atoms with van der Waals surface area (Å²) in [5, 5.41) is 5.04. The Morgan fingerprint density at radius 2 is 1.77 bits per heavy atom. The molecule has 0 radical (unpaired) electrons. The molecule has 0 aromatic heterocycles. The monoisotopic (exact) mass is 328 g/mol. The first-order valence-corrected chi connectivity index (χ1v) is 6.89. The molecule has 1 aromatic carbocycles. The second kappa shape index (κ2) is 8.89. The summed E-state index contributed by atoms with van der Waals surface area (Å²) in [4.78, 5) is 34.0. The van der Waals surface area contributed by atoms with Crippen LogP contribution in [0.25, 0.3) is 0 Å². The fraction of sp³-hybridized carbons (Fsp3) is 0.357. The lowest BCUT2D eigenvalue weighted by Crippen LogP contribution is -2.44. The zero-order chi connectivity index (χ0) is 16.5. The van der Waals surface area contributed by atoms with E-state index in [1.165, 1.54) is 0 Å². The van der Waals surface area contributed by atoms with Crippen molar-refractivity contribution in [2.24, 2.45) is 0 Å². The molecule has 8 heteroatoms. The number of hydrogen-bond acceptors (Lipinski definition) is 5. The topological polar surface area (TPSA) is 93.7 Å². The Kier molecular flexibility index (Phi) is 7.18. The highest BCUT2D eigenvalue weighted by Gasteiger charge is 2.11. The highest BCUT2D eigenvalue weighted by atomic mass is 35.5. The number of ether oxygens (including phenoxy) is 2. The van der Waals surface area contributed by atoms with Gasteiger partial charge in [0.2, 0.25) is 0 Å². The van der Waals surface area contributed by atoms with Crippen LogP contribution in [0.2, 0.25) is 5.02 Å². The molecular formula is C14H17ClN2O5. The molecule has 0 atom stereocenters. The molecule has 0 saturated heterocycles. The Morgan fingerprint density at radius 1 is 1.14 bits per heavy atom. The Labute approximate surface area is 132 Å². The summed E-state index contributed by atoms with van der Waals surface area (Å²) in [6.07, 6.45) is 0. The lowest BCUT2D eigenvalue weighted by molar-refractivity contribution is -0.150. The van der Waals surface area contributed by atoms with E-state index in [2.05, 4.69) is 10.1 Å². The zero-order valence-electron chi connectivity index (χ0n) is 12.2. The molecule has 0 unspecified atom stereocenters. The number of hydrogen-bond donors (Lipinski definition) is 2. The van der Waals surface area contributed by atoms with Crippen LogP contribution < -0.4 is 15.4 Å². The number of benzene rings is 1. The van der Waals surface area contributed by atoms with E-state index >= 15 is 0 Å². The van der Waals surface area contributed by atoms with Gasteiger partial charge in [-0.25, -0.2) is 9.59 Å². The summed E-state index contributed by atoms with van der Waals surface area (Å²) in [5.41, 5.74) is 0. The first-order valence-electron chi connectivity index (χ1n) is 6.51. The van der Waals surface area contributed by atoms with Gasteiger partial charge in [0.1, 0.15) is 5.75 Å². The summed E-state index contributed by atoms with van der Waals surface area (Å²) < 4.78 is 9.82. The highest BCUT2D eigenvalue weighted by molar-refractivity contribution is 6.30. The van der Waals surface area contributed by atoms with Gasteiger partial charge in [0, 0.05) is 11.1 Å². The molecule has 1 aromatic rings. The van der Waals surface area contributed by atoms with Gasteiger partial charge >= 0.3 is 12.0 Å². The molecule has 0 heterocycles. The second-order valence-electron chi connectivity index (χ2n) is 4.58. The van der Waals surface area contributed by atoms with E-state index in [9.17, 15) is 14.4 Å². The fourth-order valence-corrected chi connectivity index (χ4v) is 1.45. The lowest BCUT2D eigenvalue weighted by Gasteiger charge is -2.09. The van der Waals surface area contributed by atoms with E-state index < -0.39 is 24.5 Å². The number of urea groups is 1. The predicted octanol–water partition coefficient (Wildman–Crippen LogP) is 1.50. The molecule has 0 aliphatic heterocycles. The standard InChI is InChI=1S/C14H17ClN2O5/c1-9(2)16-14(20)17-12(18)7-22-13(19)8-21-11-5-3-10(15)4-6-11/h3-6,9H,7-8H2,1-2H3,(H2,16,17,18,20). The van der Waals surface area contributed by atoms with Crippen molar-refractivity contribution in [3.8, 4) is 5.75 Å². The maximum absolute atomic E-state index is 11.4. The van der Waals surface area contributed by atoms with Gasteiger partial charge in [-0.15, -0.1) is 0 Å². The summed E-state index contributed by atoms with van der Waals surface area (Å²) in [6.45, 7) is 2.58. The van der Waals surface area contributed by atoms with Crippen molar-refractivity contribution in [3.05, 3.63) is 29.3 Å². The van der Waals surface area contributed by atoms with Gasteiger partial charge in [-0.3, -0.25) is 10.1 Å². The van der Waals surface area contributed by atoms with Gasteiger partial charge in [0.15, 0.2) is 13.2 Å². The SMILES string of the molecule is CC(C)NC(=O)NC(=O)COC(=O)COc1ccc(Cl)cc1. The Balaban J connectivity index is 2.23. The van der Waals surface area contributed by atoms with Crippen LogP contribution in [0.3, 0.4) is 0 Å². The molecule has 0 fully saturated rings. The number of carbonyl (C=O) groups excluding carboxylic acids is 3. The van der Waals surface area contributed by atoms with Crippen LogP contribution >= 0.6 is 11.6 Å². The normalized spacial score (nSPS) is 10.0. The number of imide groups is 1. The largest absolute Gasteiger partial charge is 0.482 e. The molecule has 3 amide bonds. The number of halogens is 1. The van der Waals surface area contributed by atoms with Gasteiger partial charge in [-0.2, -0.15) is 0 Å². The third-order valence-corrected chi connectivity index (χ3v) is 2.46. The van der Waals surface area contributed by atoms with Crippen molar-refractivity contribution in [3.63, 3.8) is 0 Å². The van der Waals surface area contributed by atoms with Gasteiger partial charge in [-0.05, 0) is 38.1 Å². The minimum atomic E-state index is -0.727. The van der Waals surface area contributed by atoms with Crippen molar-refractivity contribution >= 4 is 29.5 Å². The molecule has 0 bridgehead atoms. The van der Waals surface area contributed by atoms with Crippen molar-refractivity contribution in [1.29, 1.82) is 0 Å². The van der Waals surface area contributed by atoms with E-state index in [0.29, 0.717) is 10.8 Å². The van der Waals surface area contributed by atoms with Gasteiger partial charge < -0.3 is 14.8 Å². The Bertz CT molecular complexity index is 531. The van der Waals surface area contributed by atoms with E-state index in [1.807, 2.05) is 5.32 Å². The van der Waals surface area contributed by atoms with Crippen LogP contribution in [0.1, 0.15) is 13.8 Å². The molecule has 1 rings (SSSR count). The minimum absolute atomic E-state index is 0.108. The smallest absolute Gasteiger partial charge is 0.344 e. The van der Waals surface area contributed by atoms with Gasteiger partial charge in [0.25, 0.3) is 5.91 Å². The molecular weight excluding hydrogens is 312 g/mol. The maximum atomic E-state index is 11.4. The Hall–Kier alpha value is -2.28. The second-order valence-corrected chi connectivity index (χ2v) is 5.02.